The highest BCUT2D eigenvalue weighted by atomic mass is 35.5. The van der Waals surface area contributed by atoms with E-state index in [9.17, 15) is 9.59 Å². The summed E-state index contributed by atoms with van der Waals surface area (Å²) in [5, 5.41) is 3.32. The van der Waals surface area contributed by atoms with Crippen molar-refractivity contribution in [2.45, 2.75) is 51.0 Å². The number of carbonyl (C=O) groups excluding carboxylic acids is 2. The Morgan fingerprint density at radius 2 is 1.69 bits per heavy atom. The largest absolute Gasteiger partial charge is 0.494 e. The van der Waals surface area contributed by atoms with Crippen LogP contribution in [0.15, 0.2) is 48.5 Å². The lowest BCUT2D eigenvalue weighted by molar-refractivity contribution is -0.118. The molecule has 1 aromatic heterocycles. The van der Waals surface area contributed by atoms with E-state index in [0.717, 1.165) is 32.2 Å². The highest BCUT2D eigenvalue weighted by Gasteiger charge is 2.40. The quantitative estimate of drug-likeness (QED) is 0.163. The highest BCUT2D eigenvalue weighted by molar-refractivity contribution is 6.65. The predicted molar refractivity (Wildman–Crippen MR) is 169 cm³/mol. The number of hydrogen-bond donors (Lipinski definition) is 1. The highest BCUT2D eigenvalue weighted by Crippen LogP contribution is 2.39. The number of halogens is 3. The molecule has 0 aliphatic heterocycles. The Labute approximate surface area is 262 Å². The summed E-state index contributed by atoms with van der Waals surface area (Å²) < 4.78 is 11.8. The van der Waals surface area contributed by atoms with Crippen LogP contribution in [0.2, 0.25) is 10.0 Å². The molecule has 2 aromatic carbocycles. The van der Waals surface area contributed by atoms with Gasteiger partial charge in [0.25, 0.3) is 5.91 Å². The Hall–Kier alpha value is -2.84. The molecule has 3 aromatic rings. The number of nitrogens with zero attached hydrogens (tertiary/aromatic N) is 2. The zero-order valence-electron chi connectivity index (χ0n) is 24.1. The number of ether oxygens (including phenoxy) is 2. The summed E-state index contributed by atoms with van der Waals surface area (Å²) >= 11 is 19.2. The van der Waals surface area contributed by atoms with Gasteiger partial charge < -0.3 is 19.7 Å². The molecule has 1 saturated carbocycles. The molecule has 224 valence electrons. The van der Waals surface area contributed by atoms with E-state index >= 15 is 0 Å². The van der Waals surface area contributed by atoms with E-state index in [-0.39, 0.29) is 5.69 Å². The number of nitrogens with one attached hydrogen (secondary N) is 1. The van der Waals surface area contributed by atoms with Crippen molar-refractivity contribution in [3.8, 4) is 33.9 Å². The van der Waals surface area contributed by atoms with Gasteiger partial charge in [-0.2, -0.15) is 0 Å². The molecule has 1 aliphatic carbocycles. The first-order valence-electron chi connectivity index (χ1n) is 14.2. The minimum atomic E-state index is -1.10. The van der Waals surface area contributed by atoms with E-state index in [1.165, 1.54) is 0 Å². The molecule has 0 saturated heterocycles. The average molecular weight is 633 g/mol. The minimum Gasteiger partial charge on any atom is -0.494 e. The number of benzene rings is 2. The van der Waals surface area contributed by atoms with E-state index in [2.05, 4.69) is 10.2 Å². The monoisotopic (exact) mass is 631 g/mol. The van der Waals surface area contributed by atoms with E-state index in [4.69, 9.17) is 49.3 Å². The minimum absolute atomic E-state index is 0.150. The van der Waals surface area contributed by atoms with Crippen LogP contribution in [-0.4, -0.2) is 60.4 Å². The van der Waals surface area contributed by atoms with Crippen LogP contribution in [0.3, 0.4) is 0 Å². The van der Waals surface area contributed by atoms with Gasteiger partial charge in [-0.05, 0) is 94.3 Å². The van der Waals surface area contributed by atoms with Gasteiger partial charge in [0.1, 0.15) is 22.7 Å². The Morgan fingerprint density at radius 1 is 0.952 bits per heavy atom. The smallest absolute Gasteiger partial charge is 0.270 e. The maximum absolute atomic E-state index is 13.5. The Kier molecular flexibility index (Phi) is 11.1. The van der Waals surface area contributed by atoms with Gasteiger partial charge in [-0.15, -0.1) is 0 Å². The lowest BCUT2D eigenvalue weighted by atomic mass is 9.82. The van der Waals surface area contributed by atoms with Crippen molar-refractivity contribution in [3.63, 3.8) is 0 Å². The van der Waals surface area contributed by atoms with Crippen molar-refractivity contribution in [1.29, 1.82) is 0 Å². The molecule has 1 heterocycles. The van der Waals surface area contributed by atoms with E-state index in [1.807, 2.05) is 39.2 Å². The summed E-state index contributed by atoms with van der Waals surface area (Å²) in [6, 6.07) is 14.2. The summed E-state index contributed by atoms with van der Waals surface area (Å²) in [6.45, 7) is 3.77. The first-order valence-corrected chi connectivity index (χ1v) is 15.3. The fraction of sp³-hybridized carbons (Fsp3) is 0.406. The van der Waals surface area contributed by atoms with Gasteiger partial charge >= 0.3 is 0 Å². The molecule has 10 heteroatoms. The maximum atomic E-state index is 13.5. The first-order chi connectivity index (χ1) is 20.1. The van der Waals surface area contributed by atoms with Crippen molar-refractivity contribution in [2.75, 3.05) is 33.9 Å². The molecule has 0 radical (unpaired) electrons. The van der Waals surface area contributed by atoms with Gasteiger partial charge in [-0.25, -0.2) is 4.98 Å². The molecule has 7 nitrogen and oxygen atoms in total. The van der Waals surface area contributed by atoms with E-state index in [0.29, 0.717) is 70.0 Å². The summed E-state index contributed by atoms with van der Waals surface area (Å²) in [4.78, 5) is 32.9. The van der Waals surface area contributed by atoms with Gasteiger partial charge in [-0.3, -0.25) is 9.59 Å². The van der Waals surface area contributed by atoms with Crippen molar-refractivity contribution in [2.24, 2.45) is 0 Å². The summed E-state index contributed by atoms with van der Waals surface area (Å²) in [7, 11) is 4.02. The van der Waals surface area contributed by atoms with Crippen LogP contribution in [-0.2, 0) is 4.79 Å². The average Bonchev–Trinajstić information content (AvgIpc) is 2.97. The second-order valence-electron chi connectivity index (χ2n) is 10.7. The molecule has 4 rings (SSSR count). The van der Waals surface area contributed by atoms with Crippen molar-refractivity contribution >= 4 is 46.0 Å². The zero-order chi connectivity index (χ0) is 30.3. The third-order valence-corrected chi connectivity index (χ3v) is 8.32. The fourth-order valence-corrected chi connectivity index (χ4v) is 5.75. The number of amides is 1. The van der Waals surface area contributed by atoms with E-state index in [1.54, 1.807) is 30.3 Å². The normalized spacial score (nSPS) is 14.5. The molecule has 1 fully saturated rings. The molecule has 0 bridgehead atoms. The molecule has 1 aliphatic rings. The fourth-order valence-electron chi connectivity index (χ4n) is 5.12. The van der Waals surface area contributed by atoms with Crippen molar-refractivity contribution < 1.29 is 19.1 Å². The van der Waals surface area contributed by atoms with E-state index < -0.39 is 16.7 Å². The molecule has 0 atom stereocenters. The van der Waals surface area contributed by atoms with Gasteiger partial charge in [-0.1, -0.05) is 48.5 Å². The number of carbonyl (C=O) groups is 2. The number of hydrogen-bond acceptors (Lipinski definition) is 6. The third kappa shape index (κ3) is 7.75. The molecular formula is C32H36Cl3N3O4. The summed E-state index contributed by atoms with van der Waals surface area (Å²) in [6.07, 6.45) is 4.44. The number of pyridine rings is 1. The predicted octanol–water partition coefficient (Wildman–Crippen LogP) is 7.65. The number of aromatic nitrogens is 1. The Morgan fingerprint density at radius 3 is 2.38 bits per heavy atom. The zero-order valence-corrected chi connectivity index (χ0v) is 26.4. The first kappa shape index (κ1) is 32.1. The van der Waals surface area contributed by atoms with Crippen LogP contribution >= 0.6 is 34.8 Å². The van der Waals surface area contributed by atoms with Gasteiger partial charge in [0.15, 0.2) is 0 Å². The molecular weight excluding hydrogens is 597 g/mol. The summed E-state index contributed by atoms with van der Waals surface area (Å²) in [5.41, 5.74) is 1.63. The lowest BCUT2D eigenvalue weighted by Gasteiger charge is -2.34. The van der Waals surface area contributed by atoms with Crippen LogP contribution in [0.25, 0.3) is 22.4 Å². The van der Waals surface area contributed by atoms with Crippen LogP contribution in [0.5, 0.6) is 11.5 Å². The molecule has 0 unspecified atom stereocenters. The Balaban J connectivity index is 1.77. The topological polar surface area (TPSA) is 80.8 Å². The molecule has 1 amide bonds. The van der Waals surface area contributed by atoms with Gasteiger partial charge in [0.2, 0.25) is 5.24 Å². The van der Waals surface area contributed by atoms with Crippen LogP contribution < -0.4 is 14.8 Å². The molecule has 0 spiro atoms. The number of rotatable bonds is 12. The maximum Gasteiger partial charge on any atom is 0.270 e. The molecule has 42 heavy (non-hydrogen) atoms. The molecule has 1 N–H and O–H groups in total. The van der Waals surface area contributed by atoms with Crippen LogP contribution in [0, 0.1) is 0 Å². The standard InChI is InChI=1S/C32H36Cl3N3O4/c1-4-41-22-10-13-25(33)24(20-22)23-11-14-27(30(39)37-32(31(35)40)15-6-5-7-16-32)36-29(23)21-9-12-26(34)28(19-21)42-18-8-17-38(2)3/h9-14,19-20H,4-8,15-18H2,1-3H3,(H,37,39). The third-order valence-electron chi connectivity index (χ3n) is 7.31. The summed E-state index contributed by atoms with van der Waals surface area (Å²) in [5.74, 6) is 0.700. The SMILES string of the molecule is CCOc1ccc(Cl)c(-c2ccc(C(=O)NC3(C(=O)Cl)CCCCC3)nc2-c2ccc(Cl)c(OCCCN(C)C)c2)c1. The van der Waals surface area contributed by atoms with Gasteiger partial charge in [0, 0.05) is 28.3 Å². The second-order valence-corrected chi connectivity index (χ2v) is 11.8. The lowest BCUT2D eigenvalue weighted by Crippen LogP contribution is -2.54. The van der Waals surface area contributed by atoms with Crippen molar-refractivity contribution in [3.05, 3.63) is 64.3 Å². The van der Waals surface area contributed by atoms with Crippen molar-refractivity contribution in [1.82, 2.24) is 15.2 Å². The van der Waals surface area contributed by atoms with Gasteiger partial charge in [0.05, 0.1) is 23.9 Å². The van der Waals surface area contributed by atoms with Crippen LogP contribution in [0.1, 0.15) is 55.9 Å². The Bertz CT molecular complexity index is 1420. The van der Waals surface area contributed by atoms with Crippen LogP contribution in [0.4, 0.5) is 0 Å². The second kappa shape index (κ2) is 14.6.